The first-order valence-electron chi connectivity index (χ1n) is 8.04. The van der Waals surface area contributed by atoms with Crippen LogP contribution in [0.15, 0.2) is 88.0 Å². The lowest BCUT2D eigenvalue weighted by atomic mass is 10.2. The summed E-state index contributed by atoms with van der Waals surface area (Å²) in [5.74, 6) is 0. The molecule has 3 aromatic rings. The molecule has 0 aromatic heterocycles. The first-order chi connectivity index (χ1) is 12.1. The second kappa shape index (κ2) is 8.66. The van der Waals surface area contributed by atoms with E-state index < -0.39 is 0 Å². The summed E-state index contributed by atoms with van der Waals surface area (Å²) in [6.45, 7) is 4.22. The lowest BCUT2D eigenvalue weighted by Gasteiger charge is -2.09. The summed E-state index contributed by atoms with van der Waals surface area (Å²) in [5, 5.41) is 2.98. The van der Waals surface area contributed by atoms with Crippen molar-refractivity contribution in [3.63, 3.8) is 0 Å². The first-order valence-corrected chi connectivity index (χ1v) is 10.1. The van der Waals surface area contributed by atoms with Crippen LogP contribution in [0.25, 0.3) is 4.91 Å². The quantitative estimate of drug-likeness (QED) is 0.412. The van der Waals surface area contributed by atoms with Crippen molar-refractivity contribution in [1.29, 1.82) is 0 Å². The van der Waals surface area contributed by atoms with Gasteiger partial charge in [-0.1, -0.05) is 82.6 Å². The minimum absolute atomic E-state index is 0.759. The molecule has 0 heterocycles. The van der Waals surface area contributed by atoms with E-state index >= 15 is 0 Å². The van der Waals surface area contributed by atoms with E-state index in [2.05, 4.69) is 79.9 Å². The van der Waals surface area contributed by atoms with Gasteiger partial charge in [-0.25, -0.2) is 0 Å². The molecule has 0 aliphatic rings. The molecule has 3 aromatic carbocycles. The Bertz CT molecular complexity index is 848. The molecule has 0 fully saturated rings. The molecule has 0 N–H and O–H groups in total. The third-order valence-corrected chi connectivity index (χ3v) is 6.08. The van der Waals surface area contributed by atoms with Gasteiger partial charge >= 0.3 is 0 Å². The fourth-order valence-corrected chi connectivity index (χ4v) is 4.15. The Kier molecular flexibility index (Phi) is 6.30. The molecular formula is C22H19ClS2. The molecule has 0 bridgehead atoms. The van der Waals surface area contributed by atoms with Crippen molar-refractivity contribution in [2.75, 3.05) is 0 Å². The summed E-state index contributed by atoms with van der Waals surface area (Å²) < 4.78 is 0. The maximum absolute atomic E-state index is 6.05. The fraction of sp³-hybridized carbons (Fsp3) is 0.0909. The lowest BCUT2D eigenvalue weighted by Crippen LogP contribution is -1.81. The second-order valence-corrected chi connectivity index (χ2v) is 8.33. The molecule has 126 valence electrons. The summed E-state index contributed by atoms with van der Waals surface area (Å²) in [6, 6.07) is 25.3. The summed E-state index contributed by atoms with van der Waals surface area (Å²) in [6.07, 6.45) is 0. The highest BCUT2D eigenvalue weighted by molar-refractivity contribution is 8.10. The number of hydrogen-bond donors (Lipinski definition) is 0. The number of hydrogen-bond acceptors (Lipinski definition) is 2. The van der Waals surface area contributed by atoms with Gasteiger partial charge in [0, 0.05) is 19.7 Å². The monoisotopic (exact) mass is 382 g/mol. The average Bonchev–Trinajstić information content (AvgIpc) is 2.62. The van der Waals surface area contributed by atoms with Crippen LogP contribution in [-0.2, 0) is 0 Å². The Morgan fingerprint density at radius 2 is 1.24 bits per heavy atom. The first kappa shape index (κ1) is 18.2. The normalized spacial score (nSPS) is 11.6. The molecule has 0 nitrogen and oxygen atoms in total. The van der Waals surface area contributed by atoms with Crippen molar-refractivity contribution < 1.29 is 0 Å². The van der Waals surface area contributed by atoms with Crippen LogP contribution in [0.1, 0.15) is 16.7 Å². The molecule has 0 unspecified atom stereocenters. The molecule has 25 heavy (non-hydrogen) atoms. The van der Waals surface area contributed by atoms with Gasteiger partial charge in [-0.2, -0.15) is 0 Å². The van der Waals surface area contributed by atoms with Gasteiger partial charge in [0.2, 0.25) is 0 Å². The third kappa shape index (κ3) is 5.43. The third-order valence-electron chi connectivity index (χ3n) is 3.70. The van der Waals surface area contributed by atoms with Crippen LogP contribution in [0.4, 0.5) is 0 Å². The molecule has 0 saturated heterocycles. The molecule has 0 aliphatic heterocycles. The van der Waals surface area contributed by atoms with Crippen LogP contribution in [0.5, 0.6) is 0 Å². The predicted molar refractivity (Wildman–Crippen MR) is 114 cm³/mol. The zero-order valence-electron chi connectivity index (χ0n) is 14.2. The molecular weight excluding hydrogens is 364 g/mol. The van der Waals surface area contributed by atoms with Crippen molar-refractivity contribution >= 4 is 40.0 Å². The zero-order chi connectivity index (χ0) is 17.6. The van der Waals surface area contributed by atoms with Crippen LogP contribution in [-0.4, -0.2) is 0 Å². The van der Waals surface area contributed by atoms with Gasteiger partial charge < -0.3 is 0 Å². The summed E-state index contributed by atoms with van der Waals surface area (Å²) >= 11 is 9.57. The maximum Gasteiger partial charge on any atom is 0.0406 e. The van der Waals surface area contributed by atoms with Crippen molar-refractivity contribution in [3.8, 4) is 0 Å². The van der Waals surface area contributed by atoms with E-state index in [0.717, 1.165) is 5.02 Å². The SMILES string of the molecule is Cc1ccc(S/C=C(\Sc2ccc(C)cc2)c2ccc(Cl)cc2)cc1. The van der Waals surface area contributed by atoms with E-state index in [1.54, 1.807) is 23.5 Å². The van der Waals surface area contributed by atoms with Gasteiger partial charge in [-0.05, 0) is 61.2 Å². The highest BCUT2D eigenvalue weighted by Crippen LogP contribution is 2.38. The van der Waals surface area contributed by atoms with Crippen molar-refractivity contribution in [1.82, 2.24) is 0 Å². The van der Waals surface area contributed by atoms with Crippen molar-refractivity contribution in [2.45, 2.75) is 23.6 Å². The van der Waals surface area contributed by atoms with Crippen LogP contribution >= 0.6 is 35.1 Å². The molecule has 0 atom stereocenters. The number of aryl methyl sites for hydroxylation is 2. The van der Waals surface area contributed by atoms with Crippen molar-refractivity contribution in [2.24, 2.45) is 0 Å². The summed E-state index contributed by atoms with van der Waals surface area (Å²) in [4.78, 5) is 3.68. The number of rotatable bonds is 5. The molecule has 0 spiro atoms. The highest BCUT2D eigenvalue weighted by atomic mass is 35.5. The molecule has 0 saturated carbocycles. The smallest absolute Gasteiger partial charge is 0.0406 e. The van der Waals surface area contributed by atoms with Crippen LogP contribution in [0, 0.1) is 13.8 Å². The van der Waals surface area contributed by atoms with Gasteiger partial charge in [0.1, 0.15) is 0 Å². The van der Waals surface area contributed by atoms with Gasteiger partial charge in [0.05, 0.1) is 0 Å². The Hall–Kier alpha value is -1.61. The Labute approximate surface area is 163 Å². The van der Waals surface area contributed by atoms with Gasteiger partial charge in [-0.3, -0.25) is 0 Å². The standard InChI is InChI=1S/C22H19ClS2/c1-16-3-11-20(12-4-16)24-15-22(18-7-9-19(23)10-8-18)25-21-13-5-17(2)6-14-21/h3-15H,1-2H3/b22-15-. The number of thioether (sulfide) groups is 2. The van der Waals surface area contributed by atoms with E-state index in [-0.39, 0.29) is 0 Å². The molecule has 3 rings (SSSR count). The van der Waals surface area contributed by atoms with Gasteiger partial charge in [0.25, 0.3) is 0 Å². The van der Waals surface area contributed by atoms with Crippen LogP contribution in [0.3, 0.4) is 0 Å². The highest BCUT2D eigenvalue weighted by Gasteiger charge is 2.06. The molecule has 0 radical (unpaired) electrons. The van der Waals surface area contributed by atoms with Gasteiger partial charge in [-0.15, -0.1) is 0 Å². The largest absolute Gasteiger partial charge is 0.0969 e. The summed E-state index contributed by atoms with van der Waals surface area (Å²) in [7, 11) is 0. The maximum atomic E-state index is 6.05. The number of benzene rings is 3. The zero-order valence-corrected chi connectivity index (χ0v) is 16.6. The minimum Gasteiger partial charge on any atom is -0.0969 e. The van der Waals surface area contributed by atoms with E-state index in [9.17, 15) is 0 Å². The average molecular weight is 383 g/mol. The Morgan fingerprint density at radius 1 is 0.720 bits per heavy atom. The minimum atomic E-state index is 0.759. The van der Waals surface area contributed by atoms with E-state index in [1.165, 1.54) is 31.4 Å². The lowest BCUT2D eigenvalue weighted by molar-refractivity contribution is 1.38. The topological polar surface area (TPSA) is 0 Å². The summed E-state index contributed by atoms with van der Waals surface area (Å²) in [5.41, 5.74) is 3.73. The van der Waals surface area contributed by atoms with Crippen molar-refractivity contribution in [3.05, 3.63) is 99.9 Å². The molecule has 0 aliphatic carbocycles. The predicted octanol–water partition coefficient (Wildman–Crippen LogP) is 7.84. The van der Waals surface area contributed by atoms with Crippen LogP contribution < -0.4 is 0 Å². The van der Waals surface area contributed by atoms with Crippen LogP contribution in [0.2, 0.25) is 5.02 Å². The number of halogens is 1. The van der Waals surface area contributed by atoms with E-state index in [1.807, 2.05) is 12.1 Å². The van der Waals surface area contributed by atoms with E-state index in [4.69, 9.17) is 11.6 Å². The molecule has 3 heteroatoms. The second-order valence-electron chi connectivity index (χ2n) is 5.84. The Morgan fingerprint density at radius 3 is 1.80 bits per heavy atom. The fourth-order valence-electron chi connectivity index (χ4n) is 2.24. The molecule has 0 amide bonds. The van der Waals surface area contributed by atoms with Gasteiger partial charge in [0.15, 0.2) is 0 Å². The van der Waals surface area contributed by atoms with E-state index in [0.29, 0.717) is 0 Å². The Balaban J connectivity index is 1.87.